The lowest BCUT2D eigenvalue weighted by Crippen LogP contribution is -2.33. The number of hydrogen-bond donors (Lipinski definition) is 0. The molecule has 6 nitrogen and oxygen atoms in total. The number of likely N-dealkylation sites (N-methyl/N-ethyl adjacent to an activating group) is 1. The number of amides is 1. The van der Waals surface area contributed by atoms with Gasteiger partial charge in [0.25, 0.3) is 5.91 Å². The third kappa shape index (κ3) is 6.48. The SMILES string of the molecule is CC#Cc1cc(Br)c(CC(=O)N(C)OC(=O)C2CCC(COCC)C2)c(OC)c1. The number of halogens is 1. The van der Waals surface area contributed by atoms with Crippen molar-refractivity contribution in [1.29, 1.82) is 0 Å². The molecule has 1 fully saturated rings. The molecular formula is C22H28BrNO5. The van der Waals surface area contributed by atoms with E-state index in [0.29, 0.717) is 30.4 Å². The van der Waals surface area contributed by atoms with E-state index < -0.39 is 0 Å². The fraction of sp³-hybridized carbons (Fsp3) is 0.545. The van der Waals surface area contributed by atoms with E-state index in [1.807, 2.05) is 13.0 Å². The van der Waals surface area contributed by atoms with E-state index in [9.17, 15) is 9.59 Å². The van der Waals surface area contributed by atoms with Gasteiger partial charge >= 0.3 is 5.97 Å². The molecule has 1 aliphatic rings. The highest BCUT2D eigenvalue weighted by atomic mass is 79.9. The fourth-order valence-corrected chi connectivity index (χ4v) is 4.01. The lowest BCUT2D eigenvalue weighted by atomic mass is 10.1. The summed E-state index contributed by atoms with van der Waals surface area (Å²) in [6.07, 6.45) is 2.47. The summed E-state index contributed by atoms with van der Waals surface area (Å²) in [6.45, 7) is 5.05. The van der Waals surface area contributed by atoms with Crippen molar-refractivity contribution in [1.82, 2.24) is 5.06 Å². The first-order chi connectivity index (χ1) is 13.9. The second-order valence-corrected chi connectivity index (χ2v) is 7.88. The zero-order valence-corrected chi connectivity index (χ0v) is 19.0. The van der Waals surface area contributed by atoms with Crippen LogP contribution in [0.2, 0.25) is 0 Å². The molecule has 0 aliphatic heterocycles. The van der Waals surface area contributed by atoms with Crippen molar-refractivity contribution in [2.24, 2.45) is 11.8 Å². The van der Waals surface area contributed by atoms with E-state index in [2.05, 4.69) is 27.8 Å². The van der Waals surface area contributed by atoms with Gasteiger partial charge < -0.3 is 14.3 Å². The maximum Gasteiger partial charge on any atom is 0.335 e. The zero-order chi connectivity index (χ0) is 21.4. The molecule has 1 aromatic carbocycles. The predicted molar refractivity (Wildman–Crippen MR) is 113 cm³/mol. The quantitative estimate of drug-likeness (QED) is 0.453. The van der Waals surface area contributed by atoms with Crippen molar-refractivity contribution < 1.29 is 23.9 Å². The zero-order valence-electron chi connectivity index (χ0n) is 17.4. The lowest BCUT2D eigenvalue weighted by molar-refractivity contribution is -0.196. The number of carbonyl (C=O) groups excluding carboxylic acids is 2. The molecule has 1 aromatic rings. The Morgan fingerprint density at radius 1 is 1.31 bits per heavy atom. The first kappa shape index (κ1) is 23.2. The van der Waals surface area contributed by atoms with Gasteiger partial charge in [0.2, 0.25) is 0 Å². The van der Waals surface area contributed by atoms with E-state index in [1.165, 1.54) is 7.05 Å². The van der Waals surface area contributed by atoms with Crippen LogP contribution in [0.25, 0.3) is 0 Å². The van der Waals surface area contributed by atoms with Crippen molar-refractivity contribution in [3.63, 3.8) is 0 Å². The minimum Gasteiger partial charge on any atom is -0.496 e. The summed E-state index contributed by atoms with van der Waals surface area (Å²) >= 11 is 3.48. The van der Waals surface area contributed by atoms with Crippen molar-refractivity contribution in [2.45, 2.75) is 39.5 Å². The summed E-state index contributed by atoms with van der Waals surface area (Å²) in [4.78, 5) is 30.4. The van der Waals surface area contributed by atoms with E-state index in [1.54, 1.807) is 20.1 Å². The van der Waals surface area contributed by atoms with Gasteiger partial charge in [-0.2, -0.15) is 5.06 Å². The van der Waals surface area contributed by atoms with Gasteiger partial charge in [0.05, 0.1) is 19.4 Å². The Bertz CT molecular complexity index is 798. The van der Waals surface area contributed by atoms with E-state index in [4.69, 9.17) is 14.3 Å². The molecule has 2 unspecified atom stereocenters. The number of benzene rings is 1. The number of carbonyl (C=O) groups is 2. The average molecular weight is 466 g/mol. The molecule has 0 aromatic heterocycles. The van der Waals surface area contributed by atoms with Gasteiger partial charge in [-0.3, -0.25) is 4.79 Å². The van der Waals surface area contributed by atoms with E-state index >= 15 is 0 Å². The van der Waals surface area contributed by atoms with E-state index in [-0.39, 0.29) is 24.2 Å². The van der Waals surface area contributed by atoms with E-state index in [0.717, 1.165) is 34.4 Å². The topological polar surface area (TPSA) is 65.1 Å². The fourth-order valence-electron chi connectivity index (χ4n) is 3.43. The minimum atomic E-state index is -0.362. The Morgan fingerprint density at radius 2 is 2.07 bits per heavy atom. The van der Waals surface area contributed by atoms with Crippen LogP contribution in [0, 0.1) is 23.7 Å². The number of methoxy groups -OCH3 is 1. The molecule has 7 heteroatoms. The predicted octanol–water partition coefficient (Wildman–Crippen LogP) is 3.74. The number of nitrogens with zero attached hydrogens (tertiary/aromatic N) is 1. The summed E-state index contributed by atoms with van der Waals surface area (Å²) in [5.41, 5.74) is 1.47. The molecule has 0 bridgehead atoms. The molecule has 29 heavy (non-hydrogen) atoms. The minimum absolute atomic E-state index is 0.0327. The third-order valence-corrected chi connectivity index (χ3v) is 5.69. The molecule has 2 rings (SSSR count). The summed E-state index contributed by atoms with van der Waals surface area (Å²) in [5, 5.41) is 1.02. The maximum absolute atomic E-state index is 12.6. The number of ether oxygens (including phenoxy) is 2. The van der Waals surface area contributed by atoms with Crippen LogP contribution in [0.5, 0.6) is 5.75 Å². The normalized spacial score (nSPS) is 18.0. The summed E-state index contributed by atoms with van der Waals surface area (Å²) in [7, 11) is 3.01. The molecule has 0 N–H and O–H groups in total. The molecule has 0 radical (unpaired) electrons. The number of rotatable bonds is 7. The van der Waals surface area contributed by atoms with Crippen LogP contribution in [0.3, 0.4) is 0 Å². The van der Waals surface area contributed by atoms with Crippen molar-refractivity contribution in [3.05, 3.63) is 27.7 Å². The first-order valence-electron chi connectivity index (χ1n) is 9.74. The molecule has 1 amide bonds. The van der Waals surface area contributed by atoms with Gasteiger partial charge in [-0.1, -0.05) is 21.9 Å². The highest BCUT2D eigenvalue weighted by Crippen LogP contribution is 2.32. The molecular weight excluding hydrogens is 438 g/mol. The molecule has 2 atom stereocenters. The van der Waals surface area contributed by atoms with Gasteiger partial charge in [-0.05, 0) is 51.2 Å². The van der Waals surface area contributed by atoms with Gasteiger partial charge in [-0.15, -0.1) is 5.92 Å². The average Bonchev–Trinajstić information content (AvgIpc) is 3.17. The Balaban J connectivity index is 1.97. The highest BCUT2D eigenvalue weighted by molar-refractivity contribution is 9.10. The summed E-state index contributed by atoms with van der Waals surface area (Å²) < 4.78 is 11.6. The van der Waals surface area contributed by atoms with Crippen LogP contribution < -0.4 is 4.74 Å². The molecule has 1 aliphatic carbocycles. The maximum atomic E-state index is 12.6. The van der Waals surface area contributed by atoms with Gasteiger partial charge in [0.1, 0.15) is 5.75 Å². The van der Waals surface area contributed by atoms with Crippen molar-refractivity contribution in [2.75, 3.05) is 27.4 Å². The van der Waals surface area contributed by atoms with Crippen LogP contribution >= 0.6 is 15.9 Å². The number of hydroxylamine groups is 2. The van der Waals surface area contributed by atoms with Crippen LogP contribution in [-0.2, 0) is 25.6 Å². The largest absolute Gasteiger partial charge is 0.496 e. The van der Waals surface area contributed by atoms with Gasteiger partial charge in [-0.25, -0.2) is 4.79 Å². The van der Waals surface area contributed by atoms with Crippen LogP contribution in [0.15, 0.2) is 16.6 Å². The van der Waals surface area contributed by atoms with Crippen molar-refractivity contribution in [3.8, 4) is 17.6 Å². The lowest BCUT2D eigenvalue weighted by Gasteiger charge is -2.20. The van der Waals surface area contributed by atoms with Gasteiger partial charge in [0, 0.05) is 35.9 Å². The second kappa shape index (κ2) is 11.2. The van der Waals surface area contributed by atoms with Crippen LogP contribution in [0.1, 0.15) is 44.2 Å². The monoisotopic (exact) mass is 465 g/mol. The molecule has 158 valence electrons. The Hall–Kier alpha value is -2.04. The summed E-state index contributed by atoms with van der Waals surface area (Å²) in [5.74, 6) is 5.84. The Morgan fingerprint density at radius 3 is 2.72 bits per heavy atom. The first-order valence-corrected chi connectivity index (χ1v) is 10.5. The van der Waals surface area contributed by atoms with Crippen LogP contribution in [-0.4, -0.2) is 44.3 Å². The highest BCUT2D eigenvalue weighted by Gasteiger charge is 2.32. The van der Waals surface area contributed by atoms with Crippen molar-refractivity contribution >= 4 is 27.8 Å². The summed E-state index contributed by atoms with van der Waals surface area (Å²) in [6, 6.07) is 3.62. The van der Waals surface area contributed by atoms with Crippen LogP contribution in [0.4, 0.5) is 0 Å². The van der Waals surface area contributed by atoms with Gasteiger partial charge in [0.15, 0.2) is 0 Å². The molecule has 0 spiro atoms. The molecule has 0 saturated heterocycles. The standard InChI is InChI=1S/C22H28BrNO5/c1-5-7-15-11-19(23)18(20(12-15)27-4)13-21(25)24(3)29-22(26)17-9-8-16(10-17)14-28-6-2/h11-12,16-17H,6,8-10,13-14H2,1-4H3. The second-order valence-electron chi connectivity index (χ2n) is 7.03. The molecule has 1 saturated carbocycles. The smallest absolute Gasteiger partial charge is 0.335 e. The molecule has 0 heterocycles. The Labute approximate surface area is 181 Å². The third-order valence-electron chi connectivity index (χ3n) is 4.98. The number of hydrogen-bond acceptors (Lipinski definition) is 5. The Kier molecular flexibility index (Phi) is 8.99.